The molecule has 2 aromatic rings. The molecule has 1 aromatic heterocycles. The predicted octanol–water partition coefficient (Wildman–Crippen LogP) is 3.23. The topological polar surface area (TPSA) is 118 Å². The molecule has 164 valence electrons. The number of nitrogens with zero attached hydrogens (tertiary/aromatic N) is 2. The largest absolute Gasteiger partial charge is 0.464 e. The van der Waals surface area contributed by atoms with Gasteiger partial charge in [-0.25, -0.2) is 19.5 Å². The first-order valence-electron chi connectivity index (χ1n) is 9.45. The molecule has 2 atom stereocenters. The van der Waals surface area contributed by atoms with Crippen LogP contribution >= 0.6 is 22.9 Å². The van der Waals surface area contributed by atoms with Gasteiger partial charge in [-0.1, -0.05) is 43.6 Å². The fraction of sp³-hybridized carbons (Fsp3) is 0.350. The van der Waals surface area contributed by atoms with Gasteiger partial charge >= 0.3 is 12.0 Å². The molecule has 1 aliphatic rings. The molecule has 1 saturated heterocycles. The number of ether oxygens (including phenoxy) is 1. The van der Waals surface area contributed by atoms with Crippen LogP contribution in [0.5, 0.6) is 0 Å². The van der Waals surface area contributed by atoms with Crippen molar-refractivity contribution in [2.24, 2.45) is 5.92 Å². The Labute approximate surface area is 187 Å². The second kappa shape index (κ2) is 9.44. The minimum atomic E-state index is -1.06. The Kier molecular flexibility index (Phi) is 6.91. The monoisotopic (exact) mass is 464 g/mol. The van der Waals surface area contributed by atoms with Crippen molar-refractivity contribution < 1.29 is 23.9 Å². The van der Waals surface area contributed by atoms with Crippen LogP contribution in [-0.4, -0.2) is 46.9 Å². The minimum Gasteiger partial charge on any atom is -0.464 e. The standard InChI is InChI=1S/C20H21ClN4O5S/c1-10(2)8-14(16(26)24-19-22-13(9-31-19)18(28)30-3)25-17(27)15(23-20(25)29)11-6-4-5-7-12(11)21/h4-7,9-10,14-15H,8H2,1-3H3,(H,23,29)(H,22,24,26)/t14-,15?/m0/s1. The van der Waals surface area contributed by atoms with Crippen molar-refractivity contribution in [3.63, 3.8) is 0 Å². The van der Waals surface area contributed by atoms with Gasteiger partial charge in [-0.05, 0) is 18.4 Å². The van der Waals surface area contributed by atoms with Crippen LogP contribution in [0.3, 0.4) is 0 Å². The summed E-state index contributed by atoms with van der Waals surface area (Å²) in [5.74, 6) is -1.76. The number of nitrogens with one attached hydrogen (secondary N) is 2. The van der Waals surface area contributed by atoms with Crippen molar-refractivity contribution in [1.29, 1.82) is 0 Å². The van der Waals surface area contributed by atoms with Gasteiger partial charge in [0.15, 0.2) is 10.8 Å². The van der Waals surface area contributed by atoms with Crippen molar-refractivity contribution in [2.45, 2.75) is 32.4 Å². The molecule has 1 fully saturated rings. The van der Waals surface area contributed by atoms with Crippen LogP contribution in [0.15, 0.2) is 29.6 Å². The fourth-order valence-electron chi connectivity index (χ4n) is 3.20. The molecule has 0 aliphatic carbocycles. The first-order chi connectivity index (χ1) is 14.7. The maximum Gasteiger partial charge on any atom is 0.357 e. The van der Waals surface area contributed by atoms with Gasteiger partial charge < -0.3 is 15.4 Å². The Morgan fingerprint density at radius 1 is 1.32 bits per heavy atom. The van der Waals surface area contributed by atoms with Gasteiger partial charge in [0.25, 0.3) is 5.91 Å². The second-order valence-electron chi connectivity index (χ2n) is 7.28. The summed E-state index contributed by atoms with van der Waals surface area (Å²) in [5.41, 5.74) is 0.508. The Balaban J connectivity index is 1.84. The number of carbonyl (C=O) groups is 4. The summed E-state index contributed by atoms with van der Waals surface area (Å²) in [4.78, 5) is 55.3. The van der Waals surface area contributed by atoms with E-state index in [2.05, 4.69) is 20.4 Å². The molecular formula is C20H21ClN4O5S. The smallest absolute Gasteiger partial charge is 0.357 e. The predicted molar refractivity (Wildman–Crippen MR) is 115 cm³/mol. The summed E-state index contributed by atoms with van der Waals surface area (Å²) >= 11 is 7.23. The lowest BCUT2D eigenvalue weighted by molar-refractivity contribution is -0.134. The highest BCUT2D eigenvalue weighted by Crippen LogP contribution is 2.30. The maximum absolute atomic E-state index is 13.1. The van der Waals surface area contributed by atoms with E-state index in [9.17, 15) is 19.2 Å². The number of halogens is 1. The number of esters is 1. The van der Waals surface area contributed by atoms with E-state index in [0.29, 0.717) is 10.6 Å². The molecule has 9 nitrogen and oxygen atoms in total. The SMILES string of the molecule is COC(=O)c1csc(NC(=O)[C@H](CC(C)C)N2C(=O)NC(c3ccccc3Cl)C2=O)n1. The highest BCUT2D eigenvalue weighted by Gasteiger charge is 2.46. The lowest BCUT2D eigenvalue weighted by Crippen LogP contribution is -2.48. The molecular weight excluding hydrogens is 444 g/mol. The normalized spacial score (nSPS) is 16.9. The van der Waals surface area contributed by atoms with E-state index in [1.807, 2.05) is 13.8 Å². The van der Waals surface area contributed by atoms with Gasteiger partial charge in [0.2, 0.25) is 5.91 Å². The van der Waals surface area contributed by atoms with Crippen LogP contribution in [0.4, 0.5) is 9.93 Å². The number of urea groups is 1. The fourth-order valence-corrected chi connectivity index (χ4v) is 4.13. The Bertz CT molecular complexity index is 1020. The summed E-state index contributed by atoms with van der Waals surface area (Å²) in [6.07, 6.45) is 0.246. The van der Waals surface area contributed by atoms with E-state index < -0.39 is 35.9 Å². The van der Waals surface area contributed by atoms with Crippen molar-refractivity contribution in [1.82, 2.24) is 15.2 Å². The first kappa shape index (κ1) is 22.7. The molecule has 31 heavy (non-hydrogen) atoms. The van der Waals surface area contributed by atoms with E-state index in [1.54, 1.807) is 24.3 Å². The summed E-state index contributed by atoms with van der Waals surface area (Å²) in [6, 6.07) is 3.99. The summed E-state index contributed by atoms with van der Waals surface area (Å²) in [7, 11) is 1.23. The molecule has 4 amide bonds. The van der Waals surface area contributed by atoms with Gasteiger partial charge in [0, 0.05) is 16.0 Å². The molecule has 1 unspecified atom stereocenters. The van der Waals surface area contributed by atoms with Gasteiger partial charge in [0.05, 0.1) is 7.11 Å². The van der Waals surface area contributed by atoms with Crippen LogP contribution in [0.25, 0.3) is 0 Å². The van der Waals surface area contributed by atoms with Gasteiger partial charge in [-0.15, -0.1) is 11.3 Å². The third-order valence-electron chi connectivity index (χ3n) is 4.63. The lowest BCUT2D eigenvalue weighted by atomic mass is 10.0. The number of benzene rings is 1. The number of hydrogen-bond donors (Lipinski definition) is 2. The van der Waals surface area contributed by atoms with Crippen molar-refractivity contribution in [2.75, 3.05) is 12.4 Å². The summed E-state index contributed by atoms with van der Waals surface area (Å²) in [5, 5.41) is 7.14. The Morgan fingerprint density at radius 2 is 2.03 bits per heavy atom. The van der Waals surface area contributed by atoms with Gasteiger partial charge in [-0.2, -0.15) is 0 Å². The summed E-state index contributed by atoms with van der Waals surface area (Å²) in [6.45, 7) is 3.76. The molecule has 0 saturated carbocycles. The number of anilines is 1. The van der Waals surface area contributed by atoms with E-state index in [1.165, 1.54) is 12.5 Å². The van der Waals surface area contributed by atoms with Crippen LogP contribution in [0.1, 0.15) is 42.4 Å². The van der Waals surface area contributed by atoms with Gasteiger partial charge in [-0.3, -0.25) is 9.59 Å². The Morgan fingerprint density at radius 3 is 2.68 bits per heavy atom. The van der Waals surface area contributed by atoms with Crippen LogP contribution in [0, 0.1) is 5.92 Å². The molecule has 0 spiro atoms. The number of carbonyl (C=O) groups excluding carboxylic acids is 4. The molecule has 3 rings (SSSR count). The van der Waals surface area contributed by atoms with Crippen LogP contribution < -0.4 is 10.6 Å². The Hall–Kier alpha value is -2.98. The number of thiazole rings is 1. The lowest BCUT2D eigenvalue weighted by Gasteiger charge is -2.25. The second-order valence-corrected chi connectivity index (χ2v) is 8.54. The molecule has 1 aromatic carbocycles. The number of amides is 4. The average molecular weight is 465 g/mol. The number of rotatable bonds is 7. The molecule has 0 radical (unpaired) electrons. The van der Waals surface area contributed by atoms with E-state index in [4.69, 9.17) is 11.6 Å². The molecule has 0 bridgehead atoms. The third kappa shape index (κ3) is 4.86. The zero-order chi connectivity index (χ0) is 22.7. The third-order valence-corrected chi connectivity index (χ3v) is 5.73. The highest BCUT2D eigenvalue weighted by molar-refractivity contribution is 7.14. The van der Waals surface area contributed by atoms with Crippen molar-refractivity contribution in [3.8, 4) is 0 Å². The van der Waals surface area contributed by atoms with E-state index in [-0.39, 0.29) is 23.2 Å². The van der Waals surface area contributed by atoms with Gasteiger partial charge in [0.1, 0.15) is 12.1 Å². The maximum atomic E-state index is 13.1. The minimum absolute atomic E-state index is 0.0117. The van der Waals surface area contributed by atoms with Crippen molar-refractivity contribution in [3.05, 3.63) is 45.9 Å². The quantitative estimate of drug-likeness (QED) is 0.479. The zero-order valence-electron chi connectivity index (χ0n) is 17.0. The van der Waals surface area contributed by atoms with Crippen molar-refractivity contribution >= 4 is 51.9 Å². The molecule has 2 heterocycles. The molecule has 11 heteroatoms. The van der Waals surface area contributed by atoms with E-state index in [0.717, 1.165) is 16.2 Å². The number of methoxy groups -OCH3 is 1. The van der Waals surface area contributed by atoms with Crippen LogP contribution in [-0.2, 0) is 14.3 Å². The summed E-state index contributed by atoms with van der Waals surface area (Å²) < 4.78 is 4.60. The number of hydrogen-bond acceptors (Lipinski definition) is 7. The first-order valence-corrected chi connectivity index (χ1v) is 10.7. The molecule has 2 N–H and O–H groups in total. The zero-order valence-corrected chi connectivity index (χ0v) is 18.6. The number of imide groups is 1. The average Bonchev–Trinajstić information content (AvgIpc) is 3.30. The van der Waals surface area contributed by atoms with Crippen LogP contribution in [0.2, 0.25) is 5.02 Å². The van der Waals surface area contributed by atoms with E-state index >= 15 is 0 Å². The number of aromatic nitrogens is 1. The molecule has 1 aliphatic heterocycles. The highest BCUT2D eigenvalue weighted by atomic mass is 35.5.